The van der Waals surface area contributed by atoms with Gasteiger partial charge in [0.15, 0.2) is 0 Å². The van der Waals surface area contributed by atoms with Crippen LogP contribution in [0.25, 0.3) is 0 Å². The molecule has 14 heavy (non-hydrogen) atoms. The van der Waals surface area contributed by atoms with Crippen molar-refractivity contribution in [1.29, 1.82) is 0 Å². The first-order chi connectivity index (χ1) is 6.68. The second-order valence-electron chi connectivity index (χ2n) is 3.42. The lowest BCUT2D eigenvalue weighted by molar-refractivity contribution is -0.117. The van der Waals surface area contributed by atoms with Crippen LogP contribution in [0, 0.1) is 0 Å². The van der Waals surface area contributed by atoms with E-state index in [1.807, 2.05) is 18.2 Å². The fourth-order valence-electron chi connectivity index (χ4n) is 1.64. The van der Waals surface area contributed by atoms with Crippen molar-refractivity contribution >= 4 is 23.2 Å². The van der Waals surface area contributed by atoms with Gasteiger partial charge in [0, 0.05) is 19.0 Å². The standard InChI is InChI=1S/C10H11ClN2O/c11-8-3-1-2-4-9(8)13-6-7(12)5-10(13)14/h1-4,7H,5-6,12H2. The zero-order valence-corrected chi connectivity index (χ0v) is 8.37. The van der Waals surface area contributed by atoms with Gasteiger partial charge in [0.2, 0.25) is 5.91 Å². The van der Waals surface area contributed by atoms with Crippen LogP contribution in [0.4, 0.5) is 5.69 Å². The molecule has 3 nitrogen and oxygen atoms in total. The molecule has 1 heterocycles. The number of para-hydroxylation sites is 1. The van der Waals surface area contributed by atoms with E-state index in [4.69, 9.17) is 17.3 Å². The molecule has 0 bridgehead atoms. The average molecular weight is 211 g/mol. The number of benzene rings is 1. The summed E-state index contributed by atoms with van der Waals surface area (Å²) in [6.07, 6.45) is 0.408. The Morgan fingerprint density at radius 3 is 2.71 bits per heavy atom. The van der Waals surface area contributed by atoms with Gasteiger partial charge in [0.25, 0.3) is 0 Å². The second kappa shape index (κ2) is 3.59. The quantitative estimate of drug-likeness (QED) is 0.762. The summed E-state index contributed by atoms with van der Waals surface area (Å²) in [5.74, 6) is 0.0469. The van der Waals surface area contributed by atoms with E-state index < -0.39 is 0 Å². The summed E-state index contributed by atoms with van der Waals surface area (Å²) >= 11 is 5.98. The predicted molar refractivity (Wildman–Crippen MR) is 56.4 cm³/mol. The number of halogens is 1. The minimum atomic E-state index is -0.0706. The van der Waals surface area contributed by atoms with Crippen LogP contribution in [-0.2, 0) is 4.79 Å². The lowest BCUT2D eigenvalue weighted by Gasteiger charge is -2.17. The monoisotopic (exact) mass is 210 g/mol. The molecular weight excluding hydrogens is 200 g/mol. The number of carbonyl (C=O) groups is 1. The Bertz CT molecular complexity index is 367. The number of hydrogen-bond donors (Lipinski definition) is 1. The van der Waals surface area contributed by atoms with Gasteiger partial charge >= 0.3 is 0 Å². The highest BCUT2D eigenvalue weighted by Crippen LogP contribution is 2.28. The Balaban J connectivity index is 2.32. The lowest BCUT2D eigenvalue weighted by Crippen LogP contribution is -2.28. The molecular formula is C10H11ClN2O. The van der Waals surface area contributed by atoms with Gasteiger partial charge in [-0.05, 0) is 12.1 Å². The van der Waals surface area contributed by atoms with E-state index in [1.165, 1.54) is 0 Å². The van der Waals surface area contributed by atoms with Crippen LogP contribution in [0.1, 0.15) is 6.42 Å². The average Bonchev–Trinajstić information content (AvgIpc) is 2.46. The van der Waals surface area contributed by atoms with E-state index in [9.17, 15) is 4.79 Å². The summed E-state index contributed by atoms with van der Waals surface area (Å²) < 4.78 is 0. The number of nitrogens with two attached hydrogens (primary N) is 1. The number of nitrogens with zero attached hydrogens (tertiary/aromatic N) is 1. The Morgan fingerprint density at radius 1 is 1.43 bits per heavy atom. The molecule has 1 amide bonds. The highest BCUT2D eigenvalue weighted by atomic mass is 35.5. The Labute approximate surface area is 87.4 Å². The number of hydrogen-bond acceptors (Lipinski definition) is 2. The third kappa shape index (κ3) is 1.61. The molecule has 74 valence electrons. The van der Waals surface area contributed by atoms with Gasteiger partial charge in [-0.25, -0.2) is 0 Å². The molecule has 0 aromatic heterocycles. The molecule has 1 aromatic carbocycles. The molecule has 1 aliphatic heterocycles. The molecule has 2 rings (SSSR count). The van der Waals surface area contributed by atoms with Crippen LogP contribution < -0.4 is 10.6 Å². The fraction of sp³-hybridized carbons (Fsp3) is 0.300. The van der Waals surface area contributed by atoms with Crippen molar-refractivity contribution in [3.05, 3.63) is 29.3 Å². The van der Waals surface area contributed by atoms with Gasteiger partial charge in [0.05, 0.1) is 10.7 Å². The number of rotatable bonds is 1. The van der Waals surface area contributed by atoms with Crippen LogP contribution in [0.2, 0.25) is 5.02 Å². The summed E-state index contributed by atoms with van der Waals surface area (Å²) in [4.78, 5) is 13.2. The summed E-state index contributed by atoms with van der Waals surface area (Å²) in [7, 11) is 0. The Morgan fingerprint density at radius 2 is 2.14 bits per heavy atom. The maximum absolute atomic E-state index is 11.5. The lowest BCUT2D eigenvalue weighted by atomic mass is 10.3. The van der Waals surface area contributed by atoms with E-state index in [2.05, 4.69) is 0 Å². The molecule has 0 radical (unpaired) electrons. The van der Waals surface area contributed by atoms with Gasteiger partial charge in [0.1, 0.15) is 0 Å². The van der Waals surface area contributed by atoms with Crippen molar-refractivity contribution in [3.63, 3.8) is 0 Å². The fourth-order valence-corrected chi connectivity index (χ4v) is 1.88. The van der Waals surface area contributed by atoms with Crippen LogP contribution in [0.3, 0.4) is 0 Å². The summed E-state index contributed by atoms with van der Waals surface area (Å²) in [5.41, 5.74) is 6.45. The first-order valence-corrected chi connectivity index (χ1v) is 4.87. The van der Waals surface area contributed by atoms with Crippen LogP contribution in [0.15, 0.2) is 24.3 Å². The summed E-state index contributed by atoms with van der Waals surface area (Å²) in [6, 6.07) is 7.23. The van der Waals surface area contributed by atoms with Crippen molar-refractivity contribution < 1.29 is 4.79 Å². The third-order valence-electron chi connectivity index (χ3n) is 2.30. The maximum Gasteiger partial charge on any atom is 0.228 e. The van der Waals surface area contributed by atoms with Crippen molar-refractivity contribution in [2.75, 3.05) is 11.4 Å². The molecule has 1 atom stereocenters. The predicted octanol–water partition coefficient (Wildman–Crippen LogP) is 1.40. The molecule has 1 fully saturated rings. The van der Waals surface area contributed by atoms with E-state index >= 15 is 0 Å². The zero-order valence-electron chi connectivity index (χ0n) is 7.61. The Hall–Kier alpha value is -1.06. The van der Waals surface area contributed by atoms with Crippen LogP contribution in [0.5, 0.6) is 0 Å². The van der Waals surface area contributed by atoms with E-state index in [0.29, 0.717) is 18.0 Å². The topological polar surface area (TPSA) is 46.3 Å². The smallest absolute Gasteiger partial charge is 0.228 e. The molecule has 0 aliphatic carbocycles. The van der Waals surface area contributed by atoms with E-state index in [-0.39, 0.29) is 11.9 Å². The molecule has 0 spiro atoms. The van der Waals surface area contributed by atoms with E-state index in [0.717, 1.165) is 5.69 Å². The largest absolute Gasteiger partial charge is 0.326 e. The first-order valence-electron chi connectivity index (χ1n) is 4.49. The maximum atomic E-state index is 11.5. The van der Waals surface area contributed by atoms with Crippen molar-refractivity contribution in [2.45, 2.75) is 12.5 Å². The number of anilines is 1. The van der Waals surface area contributed by atoms with Crippen molar-refractivity contribution in [2.24, 2.45) is 5.73 Å². The highest BCUT2D eigenvalue weighted by Gasteiger charge is 2.28. The van der Waals surface area contributed by atoms with Gasteiger partial charge in [-0.15, -0.1) is 0 Å². The molecule has 1 aromatic rings. The first kappa shape index (κ1) is 9.49. The molecule has 1 saturated heterocycles. The summed E-state index contributed by atoms with van der Waals surface area (Å²) in [6.45, 7) is 0.558. The minimum Gasteiger partial charge on any atom is -0.326 e. The molecule has 4 heteroatoms. The highest BCUT2D eigenvalue weighted by molar-refractivity contribution is 6.33. The van der Waals surface area contributed by atoms with Gasteiger partial charge < -0.3 is 10.6 Å². The molecule has 1 aliphatic rings. The van der Waals surface area contributed by atoms with Gasteiger partial charge in [-0.3, -0.25) is 4.79 Å². The third-order valence-corrected chi connectivity index (χ3v) is 2.62. The SMILES string of the molecule is NC1CC(=O)N(c2ccccc2Cl)C1. The Kier molecular flexibility index (Phi) is 2.44. The minimum absolute atomic E-state index is 0.0469. The van der Waals surface area contributed by atoms with E-state index in [1.54, 1.807) is 11.0 Å². The van der Waals surface area contributed by atoms with Crippen molar-refractivity contribution in [1.82, 2.24) is 0 Å². The molecule has 0 saturated carbocycles. The van der Waals surface area contributed by atoms with Gasteiger partial charge in [-0.1, -0.05) is 23.7 Å². The normalized spacial score (nSPS) is 21.7. The molecule has 1 unspecified atom stereocenters. The van der Waals surface area contributed by atoms with Crippen LogP contribution in [-0.4, -0.2) is 18.5 Å². The second-order valence-corrected chi connectivity index (χ2v) is 3.83. The van der Waals surface area contributed by atoms with Gasteiger partial charge in [-0.2, -0.15) is 0 Å². The van der Waals surface area contributed by atoms with Crippen LogP contribution >= 0.6 is 11.6 Å². The zero-order chi connectivity index (χ0) is 10.1. The number of carbonyl (C=O) groups excluding carboxylic acids is 1. The summed E-state index contributed by atoms with van der Waals surface area (Å²) in [5, 5.41) is 0.593. The molecule has 2 N–H and O–H groups in total. The number of amides is 1. The van der Waals surface area contributed by atoms with Crippen molar-refractivity contribution in [3.8, 4) is 0 Å².